The van der Waals surface area contributed by atoms with E-state index in [0.29, 0.717) is 12.8 Å². The molecule has 0 bridgehead atoms. The average molecular weight is 202 g/mol. The molecule has 0 radical (unpaired) electrons. The summed E-state index contributed by atoms with van der Waals surface area (Å²) in [6.45, 7) is 1.58. The van der Waals surface area contributed by atoms with Crippen molar-refractivity contribution < 1.29 is 23.8 Å². The fourth-order valence-electron chi connectivity index (χ4n) is 1.36. The van der Waals surface area contributed by atoms with Crippen molar-refractivity contribution in [3.63, 3.8) is 0 Å². The highest BCUT2D eigenvalue weighted by Gasteiger charge is 2.28. The van der Waals surface area contributed by atoms with Gasteiger partial charge in [0.2, 0.25) is 6.29 Å². The van der Waals surface area contributed by atoms with Crippen LogP contribution in [0.3, 0.4) is 0 Å². The van der Waals surface area contributed by atoms with Crippen molar-refractivity contribution in [1.29, 1.82) is 0 Å². The Labute approximate surface area is 82.3 Å². The van der Waals surface area contributed by atoms with Gasteiger partial charge in [-0.1, -0.05) is 0 Å². The van der Waals surface area contributed by atoms with Crippen molar-refractivity contribution in [2.45, 2.75) is 26.1 Å². The molecule has 0 aliphatic carbocycles. The summed E-state index contributed by atoms with van der Waals surface area (Å²) in [6.07, 6.45) is 0.664. The molecule has 0 N–H and O–H groups in total. The van der Waals surface area contributed by atoms with Crippen molar-refractivity contribution in [3.05, 3.63) is 0 Å². The zero-order valence-electron chi connectivity index (χ0n) is 8.32. The predicted octanol–water partition coefficient (Wildman–Crippen LogP) is 0.475. The quantitative estimate of drug-likeness (QED) is 0.609. The zero-order chi connectivity index (χ0) is 10.6. The Kier molecular flexibility index (Phi) is 3.88. The third-order valence-electron chi connectivity index (χ3n) is 2.07. The number of carbonyl (C=O) groups excluding carboxylic acids is 2. The van der Waals surface area contributed by atoms with Gasteiger partial charge in [0, 0.05) is 13.3 Å². The zero-order valence-corrected chi connectivity index (χ0v) is 8.32. The lowest BCUT2D eigenvalue weighted by molar-refractivity contribution is -0.193. The lowest BCUT2D eigenvalue weighted by Gasteiger charge is -2.26. The molecule has 5 heteroatoms. The minimum absolute atomic E-state index is 0.230. The number of hydrogen-bond donors (Lipinski definition) is 0. The van der Waals surface area contributed by atoms with E-state index < -0.39 is 6.29 Å². The van der Waals surface area contributed by atoms with E-state index in [2.05, 4.69) is 4.74 Å². The predicted molar refractivity (Wildman–Crippen MR) is 46.2 cm³/mol. The van der Waals surface area contributed by atoms with Gasteiger partial charge < -0.3 is 14.2 Å². The van der Waals surface area contributed by atoms with Gasteiger partial charge in [-0.15, -0.1) is 0 Å². The first-order valence-electron chi connectivity index (χ1n) is 4.50. The second-order valence-electron chi connectivity index (χ2n) is 3.17. The maximum absolute atomic E-state index is 11.1. The monoisotopic (exact) mass is 202 g/mol. The molecule has 0 unspecified atom stereocenters. The van der Waals surface area contributed by atoms with Crippen LogP contribution in [0.5, 0.6) is 0 Å². The molecule has 0 saturated carbocycles. The van der Waals surface area contributed by atoms with Crippen LogP contribution in [0.1, 0.15) is 19.8 Å². The average Bonchev–Trinajstić information content (AvgIpc) is 2.17. The van der Waals surface area contributed by atoms with E-state index in [1.165, 1.54) is 14.0 Å². The summed E-state index contributed by atoms with van der Waals surface area (Å²) in [4.78, 5) is 21.7. The summed E-state index contributed by atoms with van der Waals surface area (Å²) < 4.78 is 14.6. The van der Waals surface area contributed by atoms with Crippen LogP contribution >= 0.6 is 0 Å². The molecular weight excluding hydrogens is 188 g/mol. The largest absolute Gasteiger partial charge is 0.469 e. The third-order valence-corrected chi connectivity index (χ3v) is 2.07. The van der Waals surface area contributed by atoms with E-state index in [-0.39, 0.29) is 24.5 Å². The first-order chi connectivity index (χ1) is 6.63. The molecule has 1 aliphatic rings. The van der Waals surface area contributed by atoms with E-state index in [4.69, 9.17) is 9.47 Å². The number of esters is 2. The summed E-state index contributed by atoms with van der Waals surface area (Å²) in [5.74, 6) is -0.871. The van der Waals surface area contributed by atoms with Crippen LogP contribution in [0.4, 0.5) is 0 Å². The molecule has 1 aliphatic heterocycles. The van der Waals surface area contributed by atoms with Gasteiger partial charge >= 0.3 is 11.9 Å². The van der Waals surface area contributed by atoms with E-state index in [0.717, 1.165) is 0 Å². The lowest BCUT2D eigenvalue weighted by Crippen LogP contribution is -2.33. The van der Waals surface area contributed by atoms with Gasteiger partial charge in [0.25, 0.3) is 0 Å². The molecule has 80 valence electrons. The number of methoxy groups -OCH3 is 1. The highest BCUT2D eigenvalue weighted by molar-refractivity contribution is 5.72. The Bertz CT molecular complexity index is 217. The van der Waals surface area contributed by atoms with Crippen LogP contribution in [-0.4, -0.2) is 31.9 Å². The lowest BCUT2D eigenvalue weighted by atomic mass is 10.0. The first-order valence-corrected chi connectivity index (χ1v) is 4.50. The second kappa shape index (κ2) is 4.95. The van der Waals surface area contributed by atoms with Gasteiger partial charge in [0.1, 0.15) is 0 Å². The molecule has 2 atom stereocenters. The second-order valence-corrected chi connectivity index (χ2v) is 3.17. The summed E-state index contributed by atoms with van der Waals surface area (Å²) in [5, 5.41) is 0. The van der Waals surface area contributed by atoms with Crippen molar-refractivity contribution in [1.82, 2.24) is 0 Å². The maximum atomic E-state index is 11.1. The van der Waals surface area contributed by atoms with Gasteiger partial charge in [0.15, 0.2) is 0 Å². The highest BCUT2D eigenvalue weighted by atomic mass is 16.7. The Morgan fingerprint density at radius 1 is 1.36 bits per heavy atom. The first kappa shape index (κ1) is 11.0. The van der Waals surface area contributed by atoms with Crippen molar-refractivity contribution >= 4 is 11.9 Å². The van der Waals surface area contributed by atoms with E-state index in [1.807, 2.05) is 0 Å². The van der Waals surface area contributed by atoms with Crippen LogP contribution < -0.4 is 0 Å². The Balaban J connectivity index is 2.31. The standard InChI is InChI=1S/C9H14O5/c1-6(10)14-8-4-3-7(5-13-8)9(11)12-2/h7-8H,3-5H2,1-2H3/t7-,8-/m0/s1. The Hall–Kier alpha value is -1.10. The summed E-state index contributed by atoms with van der Waals surface area (Å²) in [6, 6.07) is 0. The van der Waals surface area contributed by atoms with Crippen LogP contribution in [0.25, 0.3) is 0 Å². The van der Waals surface area contributed by atoms with E-state index >= 15 is 0 Å². The summed E-state index contributed by atoms with van der Waals surface area (Å²) >= 11 is 0. The third kappa shape index (κ3) is 2.99. The molecule has 1 fully saturated rings. The molecule has 0 aromatic carbocycles. The Morgan fingerprint density at radius 2 is 2.07 bits per heavy atom. The van der Waals surface area contributed by atoms with Crippen LogP contribution in [0, 0.1) is 5.92 Å². The number of carbonyl (C=O) groups is 2. The molecule has 1 saturated heterocycles. The van der Waals surface area contributed by atoms with Crippen LogP contribution in [0.15, 0.2) is 0 Å². The van der Waals surface area contributed by atoms with Crippen molar-refractivity contribution in [2.24, 2.45) is 5.92 Å². The van der Waals surface area contributed by atoms with E-state index in [1.54, 1.807) is 0 Å². The minimum Gasteiger partial charge on any atom is -0.469 e. The smallest absolute Gasteiger partial charge is 0.311 e. The van der Waals surface area contributed by atoms with Gasteiger partial charge in [-0.3, -0.25) is 9.59 Å². The number of rotatable bonds is 2. The SMILES string of the molecule is COC(=O)[C@H]1CC[C@H](OC(C)=O)OC1. The minimum atomic E-state index is -0.506. The molecular formula is C9H14O5. The van der Waals surface area contributed by atoms with Crippen molar-refractivity contribution in [2.75, 3.05) is 13.7 Å². The normalized spacial score (nSPS) is 26.7. The van der Waals surface area contributed by atoms with Gasteiger partial charge in [-0.25, -0.2) is 0 Å². The summed E-state index contributed by atoms with van der Waals surface area (Å²) in [5.41, 5.74) is 0. The van der Waals surface area contributed by atoms with Crippen LogP contribution in [0.2, 0.25) is 0 Å². The fraction of sp³-hybridized carbons (Fsp3) is 0.778. The summed E-state index contributed by atoms with van der Waals surface area (Å²) in [7, 11) is 1.35. The number of ether oxygens (including phenoxy) is 3. The Morgan fingerprint density at radius 3 is 2.50 bits per heavy atom. The van der Waals surface area contributed by atoms with Crippen LogP contribution in [-0.2, 0) is 23.8 Å². The fourth-order valence-corrected chi connectivity index (χ4v) is 1.36. The van der Waals surface area contributed by atoms with Gasteiger partial charge in [-0.05, 0) is 6.42 Å². The highest BCUT2D eigenvalue weighted by Crippen LogP contribution is 2.20. The molecule has 0 aromatic heterocycles. The number of hydrogen-bond acceptors (Lipinski definition) is 5. The molecule has 0 amide bonds. The molecule has 1 rings (SSSR count). The van der Waals surface area contributed by atoms with Crippen molar-refractivity contribution in [3.8, 4) is 0 Å². The molecule has 1 heterocycles. The topological polar surface area (TPSA) is 61.8 Å². The maximum Gasteiger partial charge on any atom is 0.311 e. The molecule has 5 nitrogen and oxygen atoms in total. The molecule has 14 heavy (non-hydrogen) atoms. The van der Waals surface area contributed by atoms with Gasteiger partial charge in [-0.2, -0.15) is 0 Å². The molecule has 0 aromatic rings. The molecule has 0 spiro atoms. The van der Waals surface area contributed by atoms with Gasteiger partial charge in [0.05, 0.1) is 19.6 Å². The van der Waals surface area contributed by atoms with E-state index in [9.17, 15) is 9.59 Å².